The minimum atomic E-state index is -0.654. The average Bonchev–Trinajstić information content (AvgIpc) is 2.42. The maximum atomic E-state index is 13.7. The van der Waals surface area contributed by atoms with Crippen molar-refractivity contribution in [3.8, 4) is 11.3 Å². The van der Waals surface area contributed by atoms with Crippen LogP contribution in [-0.4, -0.2) is 4.98 Å². The predicted molar refractivity (Wildman–Crippen MR) is 70.5 cm³/mol. The molecule has 0 unspecified atom stereocenters. The van der Waals surface area contributed by atoms with Crippen molar-refractivity contribution in [1.82, 2.24) is 4.98 Å². The molecule has 2 aromatic rings. The molecular formula is C15H17F2N. The number of halogens is 2. The van der Waals surface area contributed by atoms with Gasteiger partial charge in [0, 0.05) is 11.8 Å². The number of hydrogen-bond acceptors (Lipinski definition) is 1. The molecule has 0 bridgehead atoms. The van der Waals surface area contributed by atoms with E-state index in [1.54, 1.807) is 24.4 Å². The highest BCUT2D eigenvalue weighted by Gasteiger charge is 2.09. The van der Waals surface area contributed by atoms with Gasteiger partial charge in [0.2, 0.25) is 0 Å². The van der Waals surface area contributed by atoms with Crippen molar-refractivity contribution >= 4 is 0 Å². The first-order valence-corrected chi connectivity index (χ1v) is 5.98. The first kappa shape index (κ1) is 14.3. The summed E-state index contributed by atoms with van der Waals surface area (Å²) in [5.41, 5.74) is 2.25. The Morgan fingerprint density at radius 1 is 1.17 bits per heavy atom. The molecule has 18 heavy (non-hydrogen) atoms. The first-order valence-electron chi connectivity index (χ1n) is 5.98. The molecular weight excluding hydrogens is 232 g/mol. The van der Waals surface area contributed by atoms with Crippen molar-refractivity contribution < 1.29 is 8.78 Å². The van der Waals surface area contributed by atoms with Crippen molar-refractivity contribution in [2.75, 3.05) is 0 Å². The van der Waals surface area contributed by atoms with E-state index in [2.05, 4.69) is 4.98 Å². The zero-order valence-corrected chi connectivity index (χ0v) is 10.9. The summed E-state index contributed by atoms with van der Waals surface area (Å²) >= 11 is 0. The van der Waals surface area contributed by atoms with E-state index in [1.807, 2.05) is 26.8 Å². The molecule has 0 amide bonds. The fourth-order valence-electron chi connectivity index (χ4n) is 1.60. The Bertz CT molecular complexity index is 510. The normalized spacial score (nSPS) is 9.61. The summed E-state index contributed by atoms with van der Waals surface area (Å²) in [6, 6.07) is 8.02. The van der Waals surface area contributed by atoms with Crippen molar-refractivity contribution in [1.29, 1.82) is 0 Å². The van der Waals surface area contributed by atoms with Gasteiger partial charge < -0.3 is 0 Å². The van der Waals surface area contributed by atoms with Crippen LogP contribution < -0.4 is 0 Å². The maximum Gasteiger partial charge on any atom is 0.132 e. The highest BCUT2D eigenvalue weighted by Crippen LogP contribution is 2.24. The van der Waals surface area contributed by atoms with E-state index in [9.17, 15) is 8.78 Å². The third kappa shape index (κ3) is 3.13. The van der Waals surface area contributed by atoms with Crippen molar-refractivity contribution in [3.63, 3.8) is 0 Å². The predicted octanol–water partition coefficient (Wildman–Crippen LogP) is 4.69. The Hall–Kier alpha value is -1.77. The molecule has 1 aromatic heterocycles. The van der Waals surface area contributed by atoms with Crippen molar-refractivity contribution in [3.05, 3.63) is 53.5 Å². The Labute approximate surface area is 107 Å². The van der Waals surface area contributed by atoms with Gasteiger partial charge in [-0.2, -0.15) is 0 Å². The zero-order valence-electron chi connectivity index (χ0n) is 10.9. The fourth-order valence-corrected chi connectivity index (χ4v) is 1.60. The van der Waals surface area contributed by atoms with Gasteiger partial charge in [-0.1, -0.05) is 26.0 Å². The molecule has 0 aliphatic carbocycles. The summed E-state index contributed by atoms with van der Waals surface area (Å²) in [4.78, 5) is 4.13. The lowest BCUT2D eigenvalue weighted by Crippen LogP contribution is -1.92. The molecule has 0 aliphatic rings. The monoisotopic (exact) mass is 249 g/mol. The Balaban J connectivity index is 0.000000771. The second-order valence-corrected chi connectivity index (χ2v) is 3.62. The Kier molecular flexibility index (Phi) is 5.43. The van der Waals surface area contributed by atoms with E-state index in [0.717, 1.165) is 5.56 Å². The van der Waals surface area contributed by atoms with Crippen molar-refractivity contribution in [2.24, 2.45) is 0 Å². The third-order valence-corrected chi connectivity index (χ3v) is 2.45. The molecule has 0 N–H and O–H groups in total. The number of aromatic nitrogens is 1. The molecule has 2 rings (SSSR count). The van der Waals surface area contributed by atoms with E-state index in [0.29, 0.717) is 16.8 Å². The van der Waals surface area contributed by atoms with Crippen LogP contribution in [0.1, 0.15) is 25.0 Å². The van der Waals surface area contributed by atoms with E-state index in [1.165, 1.54) is 6.07 Å². The fraction of sp³-hybridized carbons (Fsp3) is 0.267. The van der Waals surface area contributed by atoms with Crippen LogP contribution in [0.5, 0.6) is 0 Å². The van der Waals surface area contributed by atoms with Crippen LogP contribution in [0, 0.1) is 12.7 Å². The van der Waals surface area contributed by atoms with Gasteiger partial charge in [-0.15, -0.1) is 0 Å². The number of rotatable bonds is 2. The van der Waals surface area contributed by atoms with Crippen LogP contribution in [0.2, 0.25) is 0 Å². The summed E-state index contributed by atoms with van der Waals surface area (Å²) in [7, 11) is 0. The molecule has 1 nitrogen and oxygen atoms in total. The van der Waals surface area contributed by atoms with Crippen LogP contribution >= 0.6 is 0 Å². The number of aryl methyl sites for hydroxylation is 1. The van der Waals surface area contributed by atoms with Gasteiger partial charge >= 0.3 is 0 Å². The van der Waals surface area contributed by atoms with Crippen LogP contribution in [0.15, 0.2) is 36.5 Å². The van der Waals surface area contributed by atoms with Gasteiger partial charge in [-0.25, -0.2) is 8.78 Å². The molecule has 0 radical (unpaired) electrons. The number of benzene rings is 1. The standard InChI is InChI=1S/C13H11F2N.C2H6/c1-9-3-2-6-16-13(9)11-5-4-10(8-14)7-12(11)15;1-2/h2-7H,8H2,1H3;1-2H3. The van der Waals surface area contributed by atoms with Gasteiger partial charge in [0.25, 0.3) is 0 Å². The number of pyridine rings is 1. The smallest absolute Gasteiger partial charge is 0.132 e. The topological polar surface area (TPSA) is 12.9 Å². The van der Waals surface area contributed by atoms with Gasteiger partial charge in [-0.05, 0) is 36.2 Å². The molecule has 0 saturated carbocycles. The second-order valence-electron chi connectivity index (χ2n) is 3.62. The minimum absolute atomic E-state index is 0.342. The lowest BCUT2D eigenvalue weighted by atomic mass is 10.0. The summed E-state index contributed by atoms with van der Waals surface area (Å²) in [6.07, 6.45) is 1.62. The lowest BCUT2D eigenvalue weighted by molar-refractivity contribution is 0.482. The Morgan fingerprint density at radius 3 is 2.44 bits per heavy atom. The number of hydrogen-bond donors (Lipinski definition) is 0. The maximum absolute atomic E-state index is 13.7. The SMILES string of the molecule is CC.Cc1cccnc1-c1ccc(CF)cc1F. The third-order valence-electron chi connectivity index (χ3n) is 2.45. The first-order chi connectivity index (χ1) is 8.72. The van der Waals surface area contributed by atoms with E-state index in [-0.39, 0.29) is 0 Å². The van der Waals surface area contributed by atoms with E-state index in [4.69, 9.17) is 0 Å². The highest BCUT2D eigenvalue weighted by molar-refractivity contribution is 5.63. The molecule has 0 spiro atoms. The summed E-state index contributed by atoms with van der Waals surface area (Å²) in [6.45, 7) is 5.21. The average molecular weight is 249 g/mol. The van der Waals surface area contributed by atoms with Gasteiger partial charge in [0.15, 0.2) is 0 Å². The summed E-state index contributed by atoms with van der Waals surface area (Å²) in [5.74, 6) is -0.433. The lowest BCUT2D eigenvalue weighted by Gasteiger charge is -2.06. The molecule has 0 atom stereocenters. The molecule has 0 saturated heterocycles. The van der Waals surface area contributed by atoms with E-state index < -0.39 is 12.5 Å². The number of nitrogens with zero attached hydrogens (tertiary/aromatic N) is 1. The van der Waals surface area contributed by atoms with Gasteiger partial charge in [0.1, 0.15) is 12.5 Å². The largest absolute Gasteiger partial charge is 0.256 e. The Morgan fingerprint density at radius 2 is 1.89 bits per heavy atom. The quantitative estimate of drug-likeness (QED) is 0.752. The van der Waals surface area contributed by atoms with E-state index >= 15 is 0 Å². The van der Waals surface area contributed by atoms with Crippen molar-refractivity contribution in [2.45, 2.75) is 27.4 Å². The molecule has 1 aromatic carbocycles. The molecule has 96 valence electrons. The van der Waals surface area contributed by atoms with Gasteiger partial charge in [-0.3, -0.25) is 4.98 Å². The summed E-state index contributed by atoms with van der Waals surface area (Å²) < 4.78 is 26.0. The molecule has 3 heteroatoms. The molecule has 0 aliphatic heterocycles. The number of alkyl halides is 1. The molecule has 1 heterocycles. The summed E-state index contributed by atoms with van der Waals surface area (Å²) in [5, 5.41) is 0. The van der Waals surface area contributed by atoms with Gasteiger partial charge in [0.05, 0.1) is 5.69 Å². The minimum Gasteiger partial charge on any atom is -0.256 e. The van der Waals surface area contributed by atoms with Crippen LogP contribution in [-0.2, 0) is 6.67 Å². The zero-order chi connectivity index (χ0) is 13.5. The molecule has 0 fully saturated rings. The highest BCUT2D eigenvalue weighted by atomic mass is 19.1. The second kappa shape index (κ2) is 6.84. The van der Waals surface area contributed by atoms with Crippen LogP contribution in [0.4, 0.5) is 8.78 Å². The van der Waals surface area contributed by atoms with Crippen LogP contribution in [0.25, 0.3) is 11.3 Å². The van der Waals surface area contributed by atoms with Crippen LogP contribution in [0.3, 0.4) is 0 Å².